The number of hydrogen-bond acceptors (Lipinski definition) is 3. The van der Waals surface area contributed by atoms with Crippen molar-refractivity contribution >= 4 is 69.6 Å². The molecule has 0 fully saturated rings. The Bertz CT molecular complexity index is 1410. The Morgan fingerprint density at radius 3 is 2.17 bits per heavy atom. The molecule has 1 aromatic heterocycles. The number of benzene rings is 3. The Hall–Kier alpha value is -2.54. The summed E-state index contributed by atoms with van der Waals surface area (Å²) in [6.07, 6.45) is 0.133. The Labute approximate surface area is 232 Å². The summed E-state index contributed by atoms with van der Waals surface area (Å²) in [6, 6.07) is 19.7. The lowest BCUT2D eigenvalue weighted by Crippen LogP contribution is -2.46. The third kappa shape index (κ3) is 6.23. The number of hydrogen-bond donors (Lipinski definition) is 1. The monoisotopic (exact) mass is 577 g/mol. The maximum Gasteiger partial charge on any atom is 0.326 e. The molecule has 4 nitrogen and oxygen atoms in total. The van der Waals surface area contributed by atoms with Crippen LogP contribution in [0, 0.1) is 0 Å². The van der Waals surface area contributed by atoms with Gasteiger partial charge in [0.05, 0.1) is 17.1 Å². The second-order valence-corrected chi connectivity index (χ2v) is 10.7. The van der Waals surface area contributed by atoms with E-state index in [9.17, 15) is 14.7 Å². The predicted octanol–water partition coefficient (Wildman–Crippen LogP) is 8.37. The molecule has 0 radical (unpaired) electrons. The van der Waals surface area contributed by atoms with Crippen LogP contribution in [0.1, 0.15) is 20.8 Å². The summed E-state index contributed by atoms with van der Waals surface area (Å²) in [5, 5.41) is 13.6. The number of carboxylic acid groups (broad SMARTS) is 1. The van der Waals surface area contributed by atoms with Crippen LogP contribution in [-0.4, -0.2) is 27.9 Å². The van der Waals surface area contributed by atoms with Gasteiger partial charge in [-0.25, -0.2) is 4.79 Å². The SMILES string of the molecule is O=C(O)[C@H](Cc1ccccc1)N(Cc1cc(-c2ccc(Cl)cc2Cl)cs1)C(=O)c1ccc(Cl)cc1Cl. The second kappa shape index (κ2) is 11.7. The molecular formula is C27H19Cl4NO3S. The molecule has 1 atom stereocenters. The van der Waals surface area contributed by atoms with Crippen molar-refractivity contribution in [2.45, 2.75) is 19.0 Å². The standard InChI is InChI=1S/C27H19Cl4NO3S/c28-18-6-8-21(23(30)12-18)17-11-20(36-15-17)14-32(26(33)22-9-7-19(29)13-24(22)31)25(27(34)35)10-16-4-2-1-3-5-16/h1-9,11-13,15,25H,10,14H2,(H,34,35)/t25-/m0/s1. The highest BCUT2D eigenvalue weighted by Crippen LogP contribution is 2.34. The first-order valence-electron chi connectivity index (χ1n) is 10.8. The Morgan fingerprint density at radius 1 is 0.861 bits per heavy atom. The number of rotatable bonds is 8. The van der Waals surface area contributed by atoms with Gasteiger partial charge < -0.3 is 10.0 Å². The van der Waals surface area contributed by atoms with Crippen LogP contribution in [-0.2, 0) is 17.8 Å². The number of nitrogens with zero attached hydrogens (tertiary/aromatic N) is 1. The zero-order valence-corrected chi connectivity index (χ0v) is 22.5. The van der Waals surface area contributed by atoms with E-state index in [1.165, 1.54) is 28.4 Å². The smallest absolute Gasteiger partial charge is 0.326 e. The molecule has 184 valence electrons. The van der Waals surface area contributed by atoms with E-state index in [2.05, 4.69) is 0 Å². The first kappa shape index (κ1) is 26.5. The fraction of sp³-hybridized carbons (Fsp3) is 0.111. The molecule has 1 amide bonds. The number of carbonyl (C=O) groups excluding carboxylic acids is 1. The zero-order valence-electron chi connectivity index (χ0n) is 18.6. The summed E-state index contributed by atoms with van der Waals surface area (Å²) >= 11 is 26.1. The van der Waals surface area contributed by atoms with Gasteiger partial charge in [0.1, 0.15) is 6.04 Å². The summed E-state index contributed by atoms with van der Waals surface area (Å²) in [7, 11) is 0. The highest BCUT2D eigenvalue weighted by molar-refractivity contribution is 7.10. The second-order valence-electron chi connectivity index (χ2n) is 8.03. The quantitative estimate of drug-likeness (QED) is 0.228. The number of amides is 1. The van der Waals surface area contributed by atoms with Crippen LogP contribution in [0.15, 0.2) is 78.2 Å². The molecule has 4 aromatic rings. The van der Waals surface area contributed by atoms with Crippen molar-refractivity contribution in [2.75, 3.05) is 0 Å². The average molecular weight is 579 g/mol. The maximum atomic E-state index is 13.7. The third-order valence-electron chi connectivity index (χ3n) is 5.58. The molecule has 36 heavy (non-hydrogen) atoms. The van der Waals surface area contributed by atoms with E-state index in [0.29, 0.717) is 15.1 Å². The summed E-state index contributed by atoms with van der Waals surface area (Å²) in [6.45, 7) is 0.0669. The van der Waals surface area contributed by atoms with E-state index >= 15 is 0 Å². The normalized spacial score (nSPS) is 11.8. The van der Waals surface area contributed by atoms with Crippen molar-refractivity contribution in [3.05, 3.63) is 114 Å². The minimum atomic E-state index is -1.13. The Morgan fingerprint density at radius 2 is 1.53 bits per heavy atom. The molecule has 0 aliphatic rings. The minimum absolute atomic E-state index is 0.0669. The van der Waals surface area contributed by atoms with Crippen LogP contribution < -0.4 is 0 Å². The first-order chi connectivity index (χ1) is 17.2. The number of thiophene rings is 1. The van der Waals surface area contributed by atoms with Crippen molar-refractivity contribution in [3.8, 4) is 11.1 Å². The van der Waals surface area contributed by atoms with Gasteiger partial charge in [-0.1, -0.05) is 82.8 Å². The summed E-state index contributed by atoms with van der Waals surface area (Å²) in [4.78, 5) is 28.3. The van der Waals surface area contributed by atoms with Gasteiger partial charge in [0, 0.05) is 31.9 Å². The summed E-state index contributed by atoms with van der Waals surface area (Å²) in [5.41, 5.74) is 2.62. The van der Waals surface area contributed by atoms with Gasteiger partial charge in [-0.05, 0) is 52.9 Å². The number of carboxylic acids is 1. The van der Waals surface area contributed by atoms with E-state index in [4.69, 9.17) is 46.4 Å². The molecule has 0 saturated carbocycles. The zero-order chi connectivity index (χ0) is 25.8. The largest absolute Gasteiger partial charge is 0.480 e. The van der Waals surface area contributed by atoms with Gasteiger partial charge in [0.2, 0.25) is 0 Å². The van der Waals surface area contributed by atoms with Gasteiger partial charge in [-0.2, -0.15) is 0 Å². The van der Waals surface area contributed by atoms with E-state index in [1.807, 2.05) is 47.8 Å². The molecule has 1 N–H and O–H groups in total. The maximum absolute atomic E-state index is 13.7. The van der Waals surface area contributed by atoms with Crippen LogP contribution >= 0.6 is 57.7 Å². The van der Waals surface area contributed by atoms with Crippen LogP contribution in [0.4, 0.5) is 0 Å². The van der Waals surface area contributed by atoms with Crippen molar-refractivity contribution in [2.24, 2.45) is 0 Å². The molecule has 4 rings (SSSR count). The van der Waals surface area contributed by atoms with Gasteiger partial charge in [0.15, 0.2) is 0 Å². The molecule has 0 bridgehead atoms. The van der Waals surface area contributed by atoms with Crippen LogP contribution in [0.5, 0.6) is 0 Å². The molecule has 0 aliphatic heterocycles. The summed E-state index contributed by atoms with van der Waals surface area (Å²) < 4.78 is 0. The van der Waals surface area contributed by atoms with Crippen LogP contribution in [0.25, 0.3) is 11.1 Å². The minimum Gasteiger partial charge on any atom is -0.480 e. The van der Waals surface area contributed by atoms with Gasteiger partial charge >= 0.3 is 5.97 Å². The molecule has 0 spiro atoms. The first-order valence-corrected chi connectivity index (χ1v) is 13.2. The van der Waals surface area contributed by atoms with Crippen molar-refractivity contribution in [1.82, 2.24) is 4.90 Å². The fourth-order valence-corrected chi connectivity index (χ4v) is 5.69. The Kier molecular flexibility index (Phi) is 8.60. The van der Waals surface area contributed by atoms with Crippen LogP contribution in [0.3, 0.4) is 0 Å². The molecule has 0 unspecified atom stereocenters. The van der Waals surface area contributed by atoms with Gasteiger partial charge in [0.25, 0.3) is 5.91 Å². The van der Waals surface area contributed by atoms with Gasteiger partial charge in [-0.3, -0.25) is 4.79 Å². The van der Waals surface area contributed by atoms with E-state index < -0.39 is 17.9 Å². The number of halogens is 4. The van der Waals surface area contributed by atoms with Crippen molar-refractivity contribution in [1.29, 1.82) is 0 Å². The number of carbonyl (C=O) groups is 2. The van der Waals surface area contributed by atoms with Crippen molar-refractivity contribution < 1.29 is 14.7 Å². The van der Waals surface area contributed by atoms with E-state index in [-0.39, 0.29) is 23.6 Å². The molecule has 9 heteroatoms. The van der Waals surface area contributed by atoms with E-state index in [0.717, 1.165) is 21.6 Å². The molecule has 3 aromatic carbocycles. The molecule has 0 saturated heterocycles. The van der Waals surface area contributed by atoms with E-state index in [1.54, 1.807) is 18.2 Å². The highest BCUT2D eigenvalue weighted by atomic mass is 35.5. The van der Waals surface area contributed by atoms with Gasteiger partial charge in [-0.15, -0.1) is 11.3 Å². The van der Waals surface area contributed by atoms with Crippen molar-refractivity contribution in [3.63, 3.8) is 0 Å². The lowest BCUT2D eigenvalue weighted by atomic mass is 10.0. The topological polar surface area (TPSA) is 57.6 Å². The lowest BCUT2D eigenvalue weighted by Gasteiger charge is -2.29. The molecule has 1 heterocycles. The fourth-order valence-electron chi connectivity index (χ4n) is 3.81. The lowest BCUT2D eigenvalue weighted by molar-refractivity contribution is -0.142. The molecular weight excluding hydrogens is 560 g/mol. The summed E-state index contributed by atoms with van der Waals surface area (Å²) in [5.74, 6) is -1.62. The predicted molar refractivity (Wildman–Crippen MR) is 148 cm³/mol. The highest BCUT2D eigenvalue weighted by Gasteiger charge is 2.32. The Balaban J connectivity index is 1.71. The average Bonchev–Trinajstić information content (AvgIpc) is 3.29. The third-order valence-corrected chi connectivity index (χ3v) is 7.59. The number of aliphatic carboxylic acids is 1. The van der Waals surface area contributed by atoms with Crippen LogP contribution in [0.2, 0.25) is 20.1 Å². The molecule has 0 aliphatic carbocycles.